The lowest BCUT2D eigenvalue weighted by Crippen LogP contribution is -2.38. The van der Waals surface area contributed by atoms with E-state index in [9.17, 15) is 9.18 Å². The van der Waals surface area contributed by atoms with Crippen molar-refractivity contribution in [2.24, 2.45) is 13.0 Å². The zero-order valence-electron chi connectivity index (χ0n) is 11.9. The maximum atomic E-state index is 14.1. The van der Waals surface area contributed by atoms with E-state index in [1.165, 1.54) is 6.07 Å². The Morgan fingerprint density at radius 1 is 1.43 bits per heavy atom. The van der Waals surface area contributed by atoms with Crippen molar-refractivity contribution in [2.45, 2.75) is 25.3 Å². The summed E-state index contributed by atoms with van der Waals surface area (Å²) >= 11 is 0. The zero-order chi connectivity index (χ0) is 14.8. The topological polar surface area (TPSA) is 46.9 Å². The second-order valence-electron chi connectivity index (χ2n) is 5.49. The number of aryl methyl sites for hydroxylation is 1. The number of amides is 1. The van der Waals surface area contributed by atoms with Crippen molar-refractivity contribution in [3.63, 3.8) is 0 Å². The lowest BCUT2D eigenvalue weighted by atomic mass is 9.84. The summed E-state index contributed by atoms with van der Waals surface area (Å²) in [5.74, 6) is 0.337. The van der Waals surface area contributed by atoms with Gasteiger partial charge in [0.2, 0.25) is 5.91 Å². The molecule has 0 spiro atoms. The van der Waals surface area contributed by atoms with E-state index in [1.807, 2.05) is 7.05 Å². The van der Waals surface area contributed by atoms with Crippen LogP contribution >= 0.6 is 0 Å². The molecule has 1 atom stereocenters. The number of hydrogen-bond acceptors (Lipinski definition) is 2. The number of hydrogen-bond donors (Lipinski definition) is 1. The van der Waals surface area contributed by atoms with Gasteiger partial charge in [-0.25, -0.2) is 9.37 Å². The van der Waals surface area contributed by atoms with E-state index in [0.717, 1.165) is 19.3 Å². The van der Waals surface area contributed by atoms with E-state index in [4.69, 9.17) is 0 Å². The van der Waals surface area contributed by atoms with Gasteiger partial charge in [0.15, 0.2) is 0 Å². The Bertz CT molecular complexity index is 648. The van der Waals surface area contributed by atoms with Gasteiger partial charge >= 0.3 is 0 Å². The van der Waals surface area contributed by atoms with Crippen LogP contribution in [-0.2, 0) is 11.8 Å². The molecule has 21 heavy (non-hydrogen) atoms. The summed E-state index contributed by atoms with van der Waals surface area (Å²) in [6.45, 7) is 0. The molecule has 2 aromatic rings. The lowest BCUT2D eigenvalue weighted by molar-refractivity contribution is -0.128. The number of imidazole rings is 1. The molecule has 4 nitrogen and oxygen atoms in total. The molecule has 1 heterocycles. The third kappa shape index (κ3) is 2.68. The summed E-state index contributed by atoms with van der Waals surface area (Å²) in [6, 6.07) is 5.95. The van der Waals surface area contributed by atoms with Crippen molar-refractivity contribution in [1.82, 2.24) is 14.9 Å². The van der Waals surface area contributed by atoms with E-state index in [2.05, 4.69) is 10.3 Å². The maximum absolute atomic E-state index is 14.1. The Morgan fingerprint density at radius 2 is 2.19 bits per heavy atom. The summed E-state index contributed by atoms with van der Waals surface area (Å²) in [7, 11) is 1.84. The quantitative estimate of drug-likeness (QED) is 0.939. The van der Waals surface area contributed by atoms with Crippen LogP contribution in [0.4, 0.5) is 4.39 Å². The molecule has 0 radical (unpaired) electrons. The smallest absolute Gasteiger partial charge is 0.223 e. The van der Waals surface area contributed by atoms with Gasteiger partial charge in [-0.1, -0.05) is 24.6 Å². The SMILES string of the molecule is Cn1ccnc1[C@@H](NC(=O)C1CCC1)c1ccccc1F. The number of rotatable bonds is 4. The standard InChI is InChI=1S/C16H18FN3O/c1-20-10-9-18-15(20)14(12-7-2-3-8-13(12)17)19-16(21)11-5-4-6-11/h2-3,7-11,14H,4-6H2,1H3,(H,19,21)/t14-/m0/s1. The fraction of sp³-hybridized carbons (Fsp3) is 0.375. The summed E-state index contributed by atoms with van der Waals surface area (Å²) in [5, 5.41) is 2.96. The average molecular weight is 287 g/mol. The number of carbonyl (C=O) groups is 1. The van der Waals surface area contributed by atoms with Crippen LogP contribution in [0.25, 0.3) is 0 Å². The second-order valence-corrected chi connectivity index (χ2v) is 5.49. The third-order valence-electron chi connectivity index (χ3n) is 4.10. The highest BCUT2D eigenvalue weighted by molar-refractivity contribution is 5.80. The Morgan fingerprint density at radius 3 is 2.76 bits per heavy atom. The molecule has 0 aliphatic heterocycles. The maximum Gasteiger partial charge on any atom is 0.223 e. The van der Waals surface area contributed by atoms with Gasteiger partial charge in [-0.05, 0) is 18.9 Å². The molecule has 0 saturated heterocycles. The monoisotopic (exact) mass is 287 g/mol. The van der Waals surface area contributed by atoms with Crippen LogP contribution in [0, 0.1) is 11.7 Å². The summed E-state index contributed by atoms with van der Waals surface area (Å²) < 4.78 is 15.9. The number of aromatic nitrogens is 2. The van der Waals surface area contributed by atoms with Gasteiger partial charge in [0.25, 0.3) is 0 Å². The Balaban J connectivity index is 1.93. The molecular formula is C16H18FN3O. The van der Waals surface area contributed by atoms with E-state index in [0.29, 0.717) is 11.4 Å². The Hall–Kier alpha value is -2.17. The fourth-order valence-corrected chi connectivity index (χ4v) is 2.58. The van der Waals surface area contributed by atoms with E-state index < -0.39 is 6.04 Å². The van der Waals surface area contributed by atoms with Crippen molar-refractivity contribution in [2.75, 3.05) is 0 Å². The molecule has 0 unspecified atom stereocenters. The van der Waals surface area contributed by atoms with Crippen LogP contribution < -0.4 is 5.32 Å². The minimum absolute atomic E-state index is 0.0162. The van der Waals surface area contributed by atoms with Crippen LogP contribution in [0.5, 0.6) is 0 Å². The van der Waals surface area contributed by atoms with E-state index in [-0.39, 0.29) is 17.6 Å². The first-order valence-corrected chi connectivity index (χ1v) is 7.19. The number of benzene rings is 1. The predicted octanol–water partition coefficient (Wildman–Crippen LogP) is 2.56. The summed E-state index contributed by atoms with van der Waals surface area (Å²) in [5.41, 5.74) is 0.444. The first kappa shape index (κ1) is 13.8. The van der Waals surface area contributed by atoms with Crippen molar-refractivity contribution >= 4 is 5.91 Å². The van der Waals surface area contributed by atoms with Crippen LogP contribution in [0.1, 0.15) is 36.7 Å². The average Bonchev–Trinajstić information content (AvgIpc) is 2.81. The van der Waals surface area contributed by atoms with Gasteiger partial charge in [0, 0.05) is 30.9 Å². The molecule has 1 aliphatic carbocycles. The van der Waals surface area contributed by atoms with Crippen LogP contribution in [0.2, 0.25) is 0 Å². The molecule has 110 valence electrons. The number of carbonyl (C=O) groups excluding carboxylic acids is 1. The van der Waals surface area contributed by atoms with Gasteiger partial charge in [0.05, 0.1) is 0 Å². The molecule has 1 amide bonds. The molecule has 3 rings (SSSR count). The minimum Gasteiger partial charge on any atom is -0.342 e. The predicted molar refractivity (Wildman–Crippen MR) is 76.9 cm³/mol. The van der Waals surface area contributed by atoms with Crippen LogP contribution in [-0.4, -0.2) is 15.5 Å². The van der Waals surface area contributed by atoms with Gasteiger partial charge in [0.1, 0.15) is 17.7 Å². The van der Waals surface area contributed by atoms with Gasteiger partial charge < -0.3 is 9.88 Å². The normalized spacial score (nSPS) is 16.3. The van der Waals surface area contributed by atoms with Crippen molar-refractivity contribution < 1.29 is 9.18 Å². The Labute approximate surface area is 123 Å². The number of nitrogens with zero attached hydrogens (tertiary/aromatic N) is 2. The molecule has 1 aromatic heterocycles. The highest BCUT2D eigenvalue weighted by atomic mass is 19.1. The largest absolute Gasteiger partial charge is 0.342 e. The molecule has 1 N–H and O–H groups in total. The Kier molecular flexibility index (Phi) is 3.73. The lowest BCUT2D eigenvalue weighted by Gasteiger charge is -2.27. The highest BCUT2D eigenvalue weighted by Gasteiger charge is 2.30. The zero-order valence-corrected chi connectivity index (χ0v) is 11.9. The van der Waals surface area contributed by atoms with E-state index >= 15 is 0 Å². The fourth-order valence-electron chi connectivity index (χ4n) is 2.58. The molecule has 1 saturated carbocycles. The van der Waals surface area contributed by atoms with Crippen LogP contribution in [0.3, 0.4) is 0 Å². The number of halogens is 1. The van der Waals surface area contributed by atoms with E-state index in [1.54, 1.807) is 35.2 Å². The molecular weight excluding hydrogens is 269 g/mol. The van der Waals surface area contributed by atoms with Crippen LogP contribution in [0.15, 0.2) is 36.7 Å². The first-order chi connectivity index (χ1) is 10.2. The third-order valence-corrected chi connectivity index (χ3v) is 4.10. The van der Waals surface area contributed by atoms with Crippen molar-refractivity contribution in [1.29, 1.82) is 0 Å². The van der Waals surface area contributed by atoms with Gasteiger partial charge in [-0.3, -0.25) is 4.79 Å². The molecule has 1 aromatic carbocycles. The first-order valence-electron chi connectivity index (χ1n) is 7.19. The molecule has 5 heteroatoms. The van der Waals surface area contributed by atoms with Crippen molar-refractivity contribution in [3.05, 3.63) is 53.9 Å². The highest BCUT2D eigenvalue weighted by Crippen LogP contribution is 2.29. The minimum atomic E-state index is -0.556. The molecule has 1 fully saturated rings. The summed E-state index contributed by atoms with van der Waals surface area (Å²) in [4.78, 5) is 16.5. The summed E-state index contributed by atoms with van der Waals surface area (Å²) in [6.07, 6.45) is 6.36. The second kappa shape index (κ2) is 5.68. The van der Waals surface area contributed by atoms with Gasteiger partial charge in [-0.15, -0.1) is 0 Å². The molecule has 0 bridgehead atoms. The molecule has 1 aliphatic rings. The number of nitrogens with one attached hydrogen (secondary N) is 1. The van der Waals surface area contributed by atoms with Gasteiger partial charge in [-0.2, -0.15) is 0 Å². The van der Waals surface area contributed by atoms with Crippen molar-refractivity contribution in [3.8, 4) is 0 Å².